The van der Waals surface area contributed by atoms with E-state index in [0.29, 0.717) is 0 Å². The molecule has 0 saturated heterocycles. The molecule has 3 rings (SSSR count). The normalized spacial score (nSPS) is 18.6. The van der Waals surface area contributed by atoms with E-state index in [1.807, 2.05) is 19.2 Å². The number of methoxy groups -OCH3 is 1. The van der Waals surface area contributed by atoms with Crippen molar-refractivity contribution in [3.8, 4) is 0 Å². The molecule has 21 heavy (non-hydrogen) atoms. The molecule has 3 heteroatoms. The van der Waals surface area contributed by atoms with Gasteiger partial charge in [0.05, 0.1) is 11.6 Å². The number of furan rings is 1. The molecule has 0 bridgehead atoms. The van der Waals surface area contributed by atoms with Gasteiger partial charge in [0.15, 0.2) is 0 Å². The first kappa shape index (κ1) is 14.6. The van der Waals surface area contributed by atoms with Crippen LogP contribution in [0.3, 0.4) is 0 Å². The summed E-state index contributed by atoms with van der Waals surface area (Å²) in [6, 6.07) is 10.6. The Morgan fingerprint density at radius 2 is 2.14 bits per heavy atom. The predicted molar refractivity (Wildman–Crippen MR) is 85.5 cm³/mol. The molecule has 1 saturated carbocycles. The zero-order valence-electron chi connectivity index (χ0n) is 13.0. The van der Waals surface area contributed by atoms with E-state index in [-0.39, 0.29) is 11.6 Å². The summed E-state index contributed by atoms with van der Waals surface area (Å²) >= 11 is 0. The van der Waals surface area contributed by atoms with Gasteiger partial charge in [-0.25, -0.2) is 0 Å². The maximum Gasteiger partial charge on any atom is 0.134 e. The highest BCUT2D eigenvalue weighted by Gasteiger charge is 2.40. The number of nitrogens with one attached hydrogen (secondary N) is 1. The monoisotopic (exact) mass is 287 g/mol. The van der Waals surface area contributed by atoms with E-state index in [9.17, 15) is 0 Å². The lowest BCUT2D eigenvalue weighted by atomic mass is 9.75. The van der Waals surface area contributed by atoms with Gasteiger partial charge in [-0.2, -0.15) is 0 Å². The van der Waals surface area contributed by atoms with Gasteiger partial charge in [-0.05, 0) is 50.8 Å². The second-order valence-electron chi connectivity index (χ2n) is 6.14. The summed E-state index contributed by atoms with van der Waals surface area (Å²) in [5, 5.41) is 4.81. The molecular weight excluding hydrogens is 262 g/mol. The molecule has 1 aromatic carbocycles. The summed E-state index contributed by atoms with van der Waals surface area (Å²) in [6.45, 7) is 3.19. The van der Waals surface area contributed by atoms with E-state index >= 15 is 0 Å². The fraction of sp³-hybridized carbons (Fsp3) is 0.556. The van der Waals surface area contributed by atoms with Crippen LogP contribution in [-0.4, -0.2) is 19.3 Å². The van der Waals surface area contributed by atoms with Crippen LogP contribution in [0.2, 0.25) is 0 Å². The van der Waals surface area contributed by atoms with Crippen LogP contribution in [0.1, 0.15) is 50.8 Å². The maximum atomic E-state index is 6.07. The largest absolute Gasteiger partial charge is 0.459 e. The average Bonchev–Trinajstić information content (AvgIpc) is 2.90. The highest BCUT2D eigenvalue weighted by molar-refractivity contribution is 5.77. The van der Waals surface area contributed by atoms with Crippen LogP contribution in [0.4, 0.5) is 0 Å². The molecule has 1 unspecified atom stereocenters. The molecule has 1 heterocycles. The number of hydrogen-bond donors (Lipinski definition) is 1. The summed E-state index contributed by atoms with van der Waals surface area (Å²) in [7, 11) is 1.84. The smallest absolute Gasteiger partial charge is 0.134 e. The fourth-order valence-electron chi connectivity index (χ4n) is 3.20. The van der Waals surface area contributed by atoms with Crippen molar-refractivity contribution in [1.29, 1.82) is 0 Å². The first-order valence-corrected chi connectivity index (χ1v) is 8.03. The predicted octanol–water partition coefficient (Wildman–Crippen LogP) is 4.43. The van der Waals surface area contributed by atoms with E-state index in [2.05, 4.69) is 30.4 Å². The zero-order valence-corrected chi connectivity index (χ0v) is 13.0. The summed E-state index contributed by atoms with van der Waals surface area (Å²) < 4.78 is 11.9. The number of para-hydroxylation sites is 1. The van der Waals surface area contributed by atoms with Crippen LogP contribution in [-0.2, 0) is 4.74 Å². The third kappa shape index (κ3) is 2.99. The fourth-order valence-corrected chi connectivity index (χ4v) is 3.20. The number of ether oxygens (including phenoxy) is 1. The van der Waals surface area contributed by atoms with Crippen molar-refractivity contribution in [2.45, 2.75) is 50.7 Å². The Morgan fingerprint density at radius 3 is 2.76 bits per heavy atom. The number of fused-ring (bicyclic) bond motifs is 1. The SMILES string of the molecule is CCCNC(CC1(OC)CCC1)c1cc2ccccc2o1. The molecule has 1 fully saturated rings. The minimum absolute atomic E-state index is 0.0460. The Kier molecular flexibility index (Phi) is 4.32. The Balaban J connectivity index is 1.83. The molecule has 1 aliphatic rings. The van der Waals surface area contributed by atoms with E-state index in [1.54, 1.807) is 0 Å². The van der Waals surface area contributed by atoms with Gasteiger partial charge in [-0.15, -0.1) is 0 Å². The molecule has 1 aliphatic carbocycles. The van der Waals surface area contributed by atoms with Crippen LogP contribution in [0, 0.1) is 0 Å². The lowest BCUT2D eigenvalue weighted by Crippen LogP contribution is -2.42. The van der Waals surface area contributed by atoms with Crippen molar-refractivity contribution in [3.63, 3.8) is 0 Å². The van der Waals surface area contributed by atoms with Crippen molar-refractivity contribution >= 4 is 11.0 Å². The van der Waals surface area contributed by atoms with Crippen molar-refractivity contribution in [2.75, 3.05) is 13.7 Å². The van der Waals surface area contributed by atoms with E-state index in [1.165, 1.54) is 11.8 Å². The standard InChI is InChI=1S/C18H25NO2/c1-3-11-19-15(13-18(20-2)9-6-10-18)17-12-14-7-4-5-8-16(14)21-17/h4-5,7-8,12,15,19H,3,6,9-11,13H2,1-2H3. The second-order valence-corrected chi connectivity index (χ2v) is 6.14. The molecule has 1 N–H and O–H groups in total. The highest BCUT2D eigenvalue weighted by atomic mass is 16.5. The minimum Gasteiger partial charge on any atom is -0.459 e. The van der Waals surface area contributed by atoms with Gasteiger partial charge in [-0.3, -0.25) is 0 Å². The van der Waals surface area contributed by atoms with Gasteiger partial charge in [0.1, 0.15) is 11.3 Å². The van der Waals surface area contributed by atoms with Crippen molar-refractivity contribution in [2.24, 2.45) is 0 Å². The summed E-state index contributed by atoms with van der Waals surface area (Å²) in [5.74, 6) is 1.04. The van der Waals surface area contributed by atoms with Gasteiger partial charge in [0.2, 0.25) is 0 Å². The Hall–Kier alpha value is -1.32. The zero-order chi connectivity index (χ0) is 14.7. The molecule has 2 aromatic rings. The van der Waals surface area contributed by atoms with E-state index < -0.39 is 0 Å². The lowest BCUT2D eigenvalue weighted by Gasteiger charge is -2.42. The average molecular weight is 287 g/mol. The molecule has 114 valence electrons. The minimum atomic E-state index is 0.0460. The molecule has 1 atom stereocenters. The van der Waals surface area contributed by atoms with Gasteiger partial charge in [0, 0.05) is 12.5 Å². The topological polar surface area (TPSA) is 34.4 Å². The van der Waals surface area contributed by atoms with Crippen LogP contribution >= 0.6 is 0 Å². The first-order chi connectivity index (χ1) is 10.3. The molecule has 1 aromatic heterocycles. The molecule has 0 aliphatic heterocycles. The highest BCUT2D eigenvalue weighted by Crippen LogP contribution is 2.42. The number of hydrogen-bond acceptors (Lipinski definition) is 3. The number of rotatable bonds is 7. The summed E-state index contributed by atoms with van der Waals surface area (Å²) in [6.07, 6.45) is 5.70. The first-order valence-electron chi connectivity index (χ1n) is 8.03. The van der Waals surface area contributed by atoms with Crippen LogP contribution < -0.4 is 5.32 Å². The quantitative estimate of drug-likeness (QED) is 0.818. The van der Waals surface area contributed by atoms with E-state index in [0.717, 1.165) is 43.6 Å². The van der Waals surface area contributed by atoms with Gasteiger partial charge < -0.3 is 14.5 Å². The van der Waals surface area contributed by atoms with Crippen molar-refractivity contribution in [3.05, 3.63) is 36.1 Å². The summed E-state index contributed by atoms with van der Waals surface area (Å²) in [5.41, 5.74) is 1.01. The van der Waals surface area contributed by atoms with Gasteiger partial charge in [-0.1, -0.05) is 25.1 Å². The van der Waals surface area contributed by atoms with Gasteiger partial charge in [0.25, 0.3) is 0 Å². The molecule has 0 spiro atoms. The number of benzene rings is 1. The Labute approximate surface area is 126 Å². The Morgan fingerprint density at radius 1 is 1.33 bits per heavy atom. The van der Waals surface area contributed by atoms with Crippen molar-refractivity contribution < 1.29 is 9.15 Å². The molecular formula is C18H25NO2. The molecule has 0 amide bonds. The second kappa shape index (κ2) is 6.20. The lowest BCUT2D eigenvalue weighted by molar-refractivity contribution is -0.0848. The molecule has 0 radical (unpaired) electrons. The van der Waals surface area contributed by atoms with E-state index in [4.69, 9.17) is 9.15 Å². The van der Waals surface area contributed by atoms with Crippen molar-refractivity contribution in [1.82, 2.24) is 5.32 Å². The van der Waals surface area contributed by atoms with Crippen LogP contribution in [0.15, 0.2) is 34.7 Å². The van der Waals surface area contributed by atoms with Crippen LogP contribution in [0.5, 0.6) is 0 Å². The third-order valence-electron chi connectivity index (χ3n) is 4.70. The summed E-state index contributed by atoms with van der Waals surface area (Å²) in [4.78, 5) is 0. The molecule has 3 nitrogen and oxygen atoms in total. The Bertz CT molecular complexity index is 547. The third-order valence-corrected chi connectivity index (χ3v) is 4.70. The van der Waals surface area contributed by atoms with Crippen LogP contribution in [0.25, 0.3) is 11.0 Å². The maximum absolute atomic E-state index is 6.07. The van der Waals surface area contributed by atoms with Gasteiger partial charge >= 0.3 is 0 Å².